The summed E-state index contributed by atoms with van der Waals surface area (Å²) in [4.78, 5) is 0. The van der Waals surface area contributed by atoms with Crippen LogP contribution in [-0.2, 0) is 74.1 Å². The first kappa shape index (κ1) is 54.2. The largest absolute Gasteiger partial charge is 0 e. The quantitative estimate of drug-likeness (QED) is 0.540. The third-order valence-corrected chi connectivity index (χ3v) is 0. The van der Waals surface area contributed by atoms with Gasteiger partial charge in [0.2, 0.25) is 0 Å². The van der Waals surface area contributed by atoms with Crippen LogP contribution in [0.1, 0.15) is 0 Å². The summed E-state index contributed by atoms with van der Waals surface area (Å²) < 4.78 is 0. The SMILES string of the molecule is [C].[Cr].[Fe].[V].[W]. The minimum absolute atomic E-state index is 0. The normalized spacial score (nSPS) is 0. The Labute approximate surface area is 80.6 Å². The molecule has 0 N–H and O–H groups in total. The summed E-state index contributed by atoms with van der Waals surface area (Å²) in [5.74, 6) is 0. The van der Waals surface area contributed by atoms with Crippen molar-refractivity contribution < 1.29 is 74.1 Å². The smallest absolute Gasteiger partial charge is 0 e. The number of hydrogen-bond donors (Lipinski definition) is 0. The zero-order valence-corrected chi connectivity index (χ0v) is 8.83. The molecule has 0 heterocycles. The molecule has 4 heteroatoms. The molecule has 0 aliphatic heterocycles. The Kier molecular flexibility index (Phi) is 360. The molecule has 0 nitrogen and oxygen atoms in total. The van der Waals surface area contributed by atoms with E-state index in [1.807, 2.05) is 0 Å². The monoisotopic (exact) mass is 355 g/mol. The van der Waals surface area contributed by atoms with Crippen LogP contribution in [0.4, 0.5) is 0 Å². The Balaban J connectivity index is 0. The topological polar surface area (TPSA) is 0 Å². The van der Waals surface area contributed by atoms with E-state index >= 15 is 0 Å². The molecule has 0 aliphatic rings. The second kappa shape index (κ2) is 33.2. The molecule has 0 aromatic carbocycles. The minimum Gasteiger partial charge on any atom is 0 e. The molecule has 0 saturated heterocycles. The summed E-state index contributed by atoms with van der Waals surface area (Å²) in [5, 5.41) is 0. The van der Waals surface area contributed by atoms with E-state index in [9.17, 15) is 0 Å². The van der Waals surface area contributed by atoms with E-state index in [0.717, 1.165) is 0 Å². The molecule has 0 aromatic heterocycles. The van der Waals surface area contributed by atoms with Crippen molar-refractivity contribution in [1.82, 2.24) is 0 Å². The van der Waals surface area contributed by atoms with Crippen molar-refractivity contribution in [2.75, 3.05) is 0 Å². The molecule has 0 saturated carbocycles. The van der Waals surface area contributed by atoms with Crippen LogP contribution >= 0.6 is 0 Å². The average molecular weight is 355 g/mol. The Hall–Kier alpha value is 2.32. The zero-order valence-electron chi connectivity index (χ0n) is 2.12. The molecule has 0 amide bonds. The maximum Gasteiger partial charge on any atom is 0 e. The van der Waals surface area contributed by atoms with Gasteiger partial charge in [-0.05, 0) is 0 Å². The molecule has 0 rings (SSSR count). The average Bonchev–Trinajstić information content (AvgIpc) is 0. The fraction of sp³-hybridized carbons (Fsp3) is 0. The molecule has 0 unspecified atom stereocenters. The molecule has 0 fully saturated rings. The van der Waals surface area contributed by atoms with Gasteiger partial charge in [0.15, 0.2) is 0 Å². The third-order valence-electron chi connectivity index (χ3n) is 0. The van der Waals surface area contributed by atoms with E-state index in [-0.39, 0.29) is 81.5 Å². The van der Waals surface area contributed by atoms with E-state index in [0.29, 0.717) is 0 Å². The number of hydrogen-bond acceptors (Lipinski definition) is 0. The maximum atomic E-state index is 0. The van der Waals surface area contributed by atoms with Crippen LogP contribution in [0.25, 0.3) is 0 Å². The van der Waals surface area contributed by atoms with Gasteiger partial charge >= 0.3 is 0 Å². The molecule has 0 aromatic rings. The van der Waals surface area contributed by atoms with Gasteiger partial charge in [-0.25, -0.2) is 0 Å². The molecular weight excluding hydrogens is 355 g/mol. The van der Waals surface area contributed by atoms with Gasteiger partial charge in [-0.2, -0.15) is 0 Å². The molecule has 29 valence electrons. The van der Waals surface area contributed by atoms with Crippen molar-refractivity contribution in [2.24, 2.45) is 0 Å². The maximum absolute atomic E-state index is 0. The summed E-state index contributed by atoms with van der Waals surface area (Å²) in [6, 6.07) is 0. The first-order valence-electron chi connectivity index (χ1n) is 0. The molecule has 5 radical (unpaired) electrons. The Morgan fingerprint density at radius 3 is 1.00 bits per heavy atom. The van der Waals surface area contributed by atoms with Crippen LogP contribution in [0.3, 0.4) is 0 Å². The van der Waals surface area contributed by atoms with Gasteiger partial charge in [0.05, 0.1) is 0 Å². The van der Waals surface area contributed by atoms with E-state index in [1.165, 1.54) is 0 Å². The minimum atomic E-state index is 0. The summed E-state index contributed by atoms with van der Waals surface area (Å²) in [6.07, 6.45) is 0. The van der Waals surface area contributed by atoms with E-state index in [1.54, 1.807) is 0 Å². The zero-order chi connectivity index (χ0) is 0. The molecule has 5 heavy (non-hydrogen) atoms. The third kappa shape index (κ3) is 21.9. The summed E-state index contributed by atoms with van der Waals surface area (Å²) in [7, 11) is 0. The van der Waals surface area contributed by atoms with Gasteiger partial charge in [-0.1, -0.05) is 0 Å². The van der Waals surface area contributed by atoms with Crippen molar-refractivity contribution >= 4 is 0 Å². The predicted molar refractivity (Wildman–Crippen MR) is 3.24 cm³/mol. The van der Waals surface area contributed by atoms with E-state index in [2.05, 4.69) is 0 Å². The van der Waals surface area contributed by atoms with Crippen molar-refractivity contribution in [2.45, 2.75) is 0 Å². The van der Waals surface area contributed by atoms with Crippen LogP contribution in [0.15, 0.2) is 0 Å². The Morgan fingerprint density at radius 2 is 1.00 bits per heavy atom. The second-order valence-electron chi connectivity index (χ2n) is 0. The van der Waals surface area contributed by atoms with E-state index in [4.69, 9.17) is 0 Å². The Morgan fingerprint density at radius 1 is 1.00 bits per heavy atom. The first-order chi connectivity index (χ1) is 0. The summed E-state index contributed by atoms with van der Waals surface area (Å²) in [5.41, 5.74) is 0. The standard InChI is InChI=1S/C.Cr.Fe.V.W. The summed E-state index contributed by atoms with van der Waals surface area (Å²) >= 11 is 0. The molecule has 0 aliphatic carbocycles. The number of rotatable bonds is 0. The van der Waals surface area contributed by atoms with Crippen molar-refractivity contribution in [3.05, 3.63) is 7.43 Å². The van der Waals surface area contributed by atoms with Gasteiger partial charge in [0.25, 0.3) is 0 Å². The van der Waals surface area contributed by atoms with Crippen LogP contribution in [0.5, 0.6) is 0 Å². The van der Waals surface area contributed by atoms with Gasteiger partial charge in [0, 0.05) is 81.5 Å². The van der Waals surface area contributed by atoms with Crippen molar-refractivity contribution in [3.8, 4) is 0 Å². The molecule has 0 bridgehead atoms. The molecular formula is CCrFeVW. The van der Waals surface area contributed by atoms with Crippen LogP contribution < -0.4 is 0 Å². The molecule has 0 spiro atoms. The van der Waals surface area contributed by atoms with Crippen LogP contribution in [-0.4, -0.2) is 0 Å². The van der Waals surface area contributed by atoms with Crippen molar-refractivity contribution in [1.29, 1.82) is 0 Å². The van der Waals surface area contributed by atoms with Gasteiger partial charge in [-0.15, -0.1) is 0 Å². The van der Waals surface area contributed by atoms with Crippen LogP contribution in [0, 0.1) is 7.43 Å². The van der Waals surface area contributed by atoms with Crippen molar-refractivity contribution in [3.63, 3.8) is 0 Å². The van der Waals surface area contributed by atoms with Crippen LogP contribution in [0.2, 0.25) is 0 Å². The molecule has 0 atom stereocenters. The fourth-order valence-electron chi connectivity index (χ4n) is 0. The van der Waals surface area contributed by atoms with Gasteiger partial charge in [-0.3, -0.25) is 0 Å². The predicted octanol–water partition coefficient (Wildman–Crippen LogP) is 0.0713. The second-order valence-corrected chi connectivity index (χ2v) is 0. The Bertz CT molecular complexity index is 11.6. The van der Waals surface area contributed by atoms with Gasteiger partial charge in [0.1, 0.15) is 0 Å². The fourth-order valence-corrected chi connectivity index (χ4v) is 0. The first-order valence-corrected chi connectivity index (χ1v) is 0. The van der Waals surface area contributed by atoms with Gasteiger partial charge < -0.3 is 0 Å². The van der Waals surface area contributed by atoms with E-state index < -0.39 is 0 Å². The summed E-state index contributed by atoms with van der Waals surface area (Å²) in [6.45, 7) is 0.